The lowest BCUT2D eigenvalue weighted by Crippen LogP contribution is -2.41. The minimum atomic E-state index is -1.20. The van der Waals surface area contributed by atoms with Crippen LogP contribution in [0.15, 0.2) is 18.2 Å². The number of rotatable bonds is 6. The van der Waals surface area contributed by atoms with Gasteiger partial charge in [0, 0.05) is 6.54 Å². The third-order valence-corrected chi connectivity index (χ3v) is 2.66. The average molecular weight is 315 g/mol. The molecule has 0 aliphatic rings. The largest absolute Gasteiger partial charge is 0.484 e. The Hall–Kier alpha value is -2.28. The fourth-order valence-corrected chi connectivity index (χ4v) is 1.55. The molecule has 0 bridgehead atoms. The van der Waals surface area contributed by atoms with Crippen LogP contribution in [0.4, 0.5) is 4.79 Å². The summed E-state index contributed by atoms with van der Waals surface area (Å²) in [6.45, 7) is 1.92. The van der Waals surface area contributed by atoms with Gasteiger partial charge in [0.05, 0.1) is 10.6 Å². The molecule has 0 spiro atoms. The Labute approximate surface area is 126 Å². The second kappa shape index (κ2) is 8.11. The van der Waals surface area contributed by atoms with Crippen LogP contribution in [0.25, 0.3) is 0 Å². The highest BCUT2D eigenvalue weighted by Gasteiger charge is 2.12. The van der Waals surface area contributed by atoms with E-state index in [0.717, 1.165) is 6.42 Å². The van der Waals surface area contributed by atoms with Crippen molar-refractivity contribution in [2.45, 2.75) is 13.3 Å². The monoisotopic (exact) mass is 314 g/mol. The highest BCUT2D eigenvalue weighted by Crippen LogP contribution is 2.22. The Bertz CT molecular complexity index is 547. The van der Waals surface area contributed by atoms with Crippen molar-refractivity contribution in [1.82, 2.24) is 10.6 Å². The minimum Gasteiger partial charge on any atom is -0.484 e. The normalized spacial score (nSPS) is 9.81. The molecule has 0 aliphatic heterocycles. The van der Waals surface area contributed by atoms with E-state index >= 15 is 0 Å². The number of benzene rings is 1. The number of urea groups is 1. The van der Waals surface area contributed by atoms with E-state index in [9.17, 15) is 14.4 Å². The van der Waals surface area contributed by atoms with E-state index in [2.05, 4.69) is 10.6 Å². The molecule has 0 fully saturated rings. The lowest BCUT2D eigenvalue weighted by molar-refractivity contribution is -0.122. The Balaban J connectivity index is 2.52. The standard InChI is InChI=1S/C13H15ClN2O5/c1-2-5-15-13(20)16-11(17)7-21-8-3-4-10(14)9(6-8)12(18)19/h3-4,6H,2,5,7H2,1H3,(H,18,19)(H2,15,16,17,20). The van der Waals surface area contributed by atoms with Crippen LogP contribution in [0.1, 0.15) is 23.7 Å². The van der Waals surface area contributed by atoms with Gasteiger partial charge in [-0.2, -0.15) is 0 Å². The molecule has 0 atom stereocenters. The van der Waals surface area contributed by atoms with Gasteiger partial charge >= 0.3 is 12.0 Å². The van der Waals surface area contributed by atoms with Crippen LogP contribution in [-0.2, 0) is 4.79 Å². The predicted molar refractivity (Wildman–Crippen MR) is 75.7 cm³/mol. The number of amides is 3. The summed E-state index contributed by atoms with van der Waals surface area (Å²) in [6, 6.07) is 3.38. The van der Waals surface area contributed by atoms with Crippen molar-refractivity contribution < 1.29 is 24.2 Å². The Morgan fingerprint density at radius 3 is 2.67 bits per heavy atom. The lowest BCUT2D eigenvalue weighted by Gasteiger charge is -2.08. The van der Waals surface area contributed by atoms with Crippen molar-refractivity contribution in [3.05, 3.63) is 28.8 Å². The summed E-state index contributed by atoms with van der Waals surface area (Å²) in [5, 5.41) is 13.5. The van der Waals surface area contributed by atoms with Gasteiger partial charge in [-0.1, -0.05) is 18.5 Å². The first-order valence-electron chi connectivity index (χ1n) is 6.17. The number of carbonyl (C=O) groups excluding carboxylic acids is 2. The third kappa shape index (κ3) is 5.70. The maximum atomic E-state index is 11.4. The molecular weight excluding hydrogens is 300 g/mol. The number of imide groups is 1. The van der Waals surface area contributed by atoms with Crippen LogP contribution in [-0.4, -0.2) is 36.2 Å². The molecule has 3 amide bonds. The molecule has 8 heteroatoms. The van der Waals surface area contributed by atoms with E-state index in [1.165, 1.54) is 18.2 Å². The summed E-state index contributed by atoms with van der Waals surface area (Å²) < 4.78 is 5.10. The highest BCUT2D eigenvalue weighted by atomic mass is 35.5. The maximum absolute atomic E-state index is 11.4. The second-order valence-electron chi connectivity index (χ2n) is 4.04. The van der Waals surface area contributed by atoms with Gasteiger partial charge in [0.2, 0.25) is 0 Å². The van der Waals surface area contributed by atoms with E-state index in [1.807, 2.05) is 6.92 Å². The first-order chi connectivity index (χ1) is 9.93. The molecule has 1 rings (SSSR count). The van der Waals surface area contributed by atoms with Gasteiger partial charge in [0.15, 0.2) is 6.61 Å². The van der Waals surface area contributed by atoms with Crippen LogP contribution in [0.3, 0.4) is 0 Å². The number of hydrogen-bond donors (Lipinski definition) is 3. The zero-order valence-corrected chi connectivity index (χ0v) is 12.1. The molecule has 1 aromatic rings. The third-order valence-electron chi connectivity index (χ3n) is 2.33. The van der Waals surface area contributed by atoms with Crippen LogP contribution < -0.4 is 15.4 Å². The molecule has 0 aromatic heterocycles. The van der Waals surface area contributed by atoms with Gasteiger partial charge in [0.25, 0.3) is 5.91 Å². The number of nitrogens with one attached hydrogen (secondary N) is 2. The quantitative estimate of drug-likeness (QED) is 0.740. The van der Waals surface area contributed by atoms with Gasteiger partial charge in [-0.05, 0) is 24.6 Å². The van der Waals surface area contributed by atoms with E-state index in [4.69, 9.17) is 21.4 Å². The predicted octanol–water partition coefficient (Wildman–Crippen LogP) is 1.65. The smallest absolute Gasteiger partial charge is 0.337 e. The van der Waals surface area contributed by atoms with Crippen molar-refractivity contribution in [2.24, 2.45) is 0 Å². The topological polar surface area (TPSA) is 105 Å². The molecule has 1 aromatic carbocycles. The first kappa shape index (κ1) is 16.8. The molecule has 114 valence electrons. The van der Waals surface area contributed by atoms with Gasteiger partial charge in [0.1, 0.15) is 5.75 Å². The number of carbonyl (C=O) groups is 3. The zero-order chi connectivity index (χ0) is 15.8. The van der Waals surface area contributed by atoms with Gasteiger partial charge in [-0.3, -0.25) is 10.1 Å². The van der Waals surface area contributed by atoms with Crippen LogP contribution in [0.2, 0.25) is 5.02 Å². The number of aromatic carboxylic acids is 1. The van der Waals surface area contributed by atoms with E-state index in [-0.39, 0.29) is 16.3 Å². The fourth-order valence-electron chi connectivity index (χ4n) is 1.35. The van der Waals surface area contributed by atoms with E-state index < -0.39 is 24.5 Å². The molecule has 0 aliphatic carbocycles. The van der Waals surface area contributed by atoms with E-state index in [1.54, 1.807) is 0 Å². The highest BCUT2D eigenvalue weighted by molar-refractivity contribution is 6.33. The minimum absolute atomic E-state index is 0.0678. The first-order valence-corrected chi connectivity index (χ1v) is 6.55. The maximum Gasteiger partial charge on any atom is 0.337 e. The zero-order valence-electron chi connectivity index (χ0n) is 11.3. The van der Waals surface area contributed by atoms with Gasteiger partial charge in [-0.25, -0.2) is 9.59 Å². The summed E-state index contributed by atoms with van der Waals surface area (Å²) >= 11 is 5.70. The van der Waals surface area contributed by atoms with Crippen molar-refractivity contribution >= 4 is 29.5 Å². The number of carboxylic acid groups (broad SMARTS) is 1. The van der Waals surface area contributed by atoms with Crippen molar-refractivity contribution in [1.29, 1.82) is 0 Å². The fraction of sp³-hybridized carbons (Fsp3) is 0.308. The molecule has 0 saturated carbocycles. The molecule has 0 radical (unpaired) electrons. The number of hydrogen-bond acceptors (Lipinski definition) is 4. The van der Waals surface area contributed by atoms with Crippen molar-refractivity contribution in [3.8, 4) is 5.75 Å². The van der Waals surface area contributed by atoms with Crippen LogP contribution >= 0.6 is 11.6 Å². The summed E-state index contributed by atoms with van der Waals surface area (Å²) in [4.78, 5) is 33.5. The Morgan fingerprint density at radius 2 is 2.05 bits per heavy atom. The SMILES string of the molecule is CCCNC(=O)NC(=O)COc1ccc(Cl)c(C(=O)O)c1. The molecule has 3 N–H and O–H groups in total. The van der Waals surface area contributed by atoms with Crippen LogP contribution in [0, 0.1) is 0 Å². The summed E-state index contributed by atoms with van der Waals surface area (Å²) in [6.07, 6.45) is 0.751. The molecule has 0 heterocycles. The van der Waals surface area contributed by atoms with Crippen molar-refractivity contribution in [2.75, 3.05) is 13.2 Å². The second-order valence-corrected chi connectivity index (χ2v) is 4.45. The number of carboxylic acids is 1. The van der Waals surface area contributed by atoms with Crippen molar-refractivity contribution in [3.63, 3.8) is 0 Å². The molecule has 21 heavy (non-hydrogen) atoms. The van der Waals surface area contributed by atoms with E-state index in [0.29, 0.717) is 6.54 Å². The Morgan fingerprint density at radius 1 is 1.33 bits per heavy atom. The van der Waals surface area contributed by atoms with Gasteiger partial charge in [-0.15, -0.1) is 0 Å². The average Bonchev–Trinajstić information content (AvgIpc) is 2.43. The van der Waals surface area contributed by atoms with Gasteiger partial charge < -0.3 is 15.2 Å². The number of halogens is 1. The molecule has 0 saturated heterocycles. The summed E-state index contributed by atoms with van der Waals surface area (Å²) in [5.74, 6) is -1.68. The molecule has 7 nitrogen and oxygen atoms in total. The summed E-state index contributed by atoms with van der Waals surface area (Å²) in [5.41, 5.74) is -0.129. The Kier molecular flexibility index (Phi) is 6.48. The molecule has 0 unspecified atom stereocenters. The lowest BCUT2D eigenvalue weighted by atomic mass is 10.2. The molecular formula is C13H15ClN2O5. The van der Waals surface area contributed by atoms with Crippen LogP contribution in [0.5, 0.6) is 5.75 Å². The summed E-state index contributed by atoms with van der Waals surface area (Å²) in [7, 11) is 0. The number of ether oxygens (including phenoxy) is 1.